The third kappa shape index (κ3) is 5.78. The van der Waals surface area contributed by atoms with Gasteiger partial charge in [0, 0.05) is 22.5 Å². The van der Waals surface area contributed by atoms with E-state index in [1.54, 1.807) is 0 Å². The fourth-order valence-corrected chi connectivity index (χ4v) is 9.24. The summed E-state index contributed by atoms with van der Waals surface area (Å²) < 4.78 is 0. The van der Waals surface area contributed by atoms with Crippen LogP contribution in [0.2, 0.25) is 0 Å². The average Bonchev–Trinajstić information content (AvgIpc) is 3.57. The summed E-state index contributed by atoms with van der Waals surface area (Å²) in [4.78, 5) is 2.40. The molecule has 1 nitrogen and oxygen atoms in total. The van der Waals surface area contributed by atoms with Crippen LogP contribution in [-0.2, 0) is 10.8 Å². The number of hydrogen-bond donors (Lipinski definition) is 0. The van der Waals surface area contributed by atoms with Crippen molar-refractivity contribution in [3.05, 3.63) is 258 Å². The van der Waals surface area contributed by atoms with Gasteiger partial charge in [0.25, 0.3) is 0 Å². The summed E-state index contributed by atoms with van der Waals surface area (Å²) in [6.07, 6.45) is 0. The molecule has 0 saturated carbocycles. The Bertz CT molecular complexity index is 2780. The van der Waals surface area contributed by atoms with E-state index in [0.717, 1.165) is 17.1 Å². The monoisotopic (exact) mass is 729 g/mol. The predicted octanol–water partition coefficient (Wildman–Crippen LogP) is 14.7. The van der Waals surface area contributed by atoms with Gasteiger partial charge in [-0.2, -0.15) is 0 Å². The second-order valence-corrected chi connectivity index (χ2v) is 15.7. The lowest BCUT2D eigenvalue weighted by molar-refractivity contribution is 0.641. The minimum atomic E-state index is -0.451. The van der Waals surface area contributed by atoms with Gasteiger partial charge in [0.15, 0.2) is 0 Å². The molecule has 57 heavy (non-hydrogen) atoms. The first-order valence-electron chi connectivity index (χ1n) is 19.9. The summed E-state index contributed by atoms with van der Waals surface area (Å²) in [5, 5.41) is 2.44. The molecule has 0 radical (unpaired) electrons. The maximum Gasteiger partial charge on any atom is 0.0713 e. The van der Waals surface area contributed by atoms with Gasteiger partial charge in [0.2, 0.25) is 0 Å². The molecule has 272 valence electrons. The molecule has 0 amide bonds. The summed E-state index contributed by atoms with van der Waals surface area (Å²) >= 11 is 0. The Kier molecular flexibility index (Phi) is 8.46. The molecule has 1 heteroatoms. The molecule has 0 fully saturated rings. The first-order valence-corrected chi connectivity index (χ1v) is 19.9. The molecule has 0 N–H and O–H groups in total. The Labute approximate surface area is 336 Å². The van der Waals surface area contributed by atoms with Crippen LogP contribution >= 0.6 is 0 Å². The van der Waals surface area contributed by atoms with E-state index in [2.05, 4.69) is 243 Å². The van der Waals surface area contributed by atoms with Gasteiger partial charge in [-0.25, -0.2) is 0 Å². The summed E-state index contributed by atoms with van der Waals surface area (Å²) in [5.74, 6) is 0. The third-order valence-electron chi connectivity index (χ3n) is 12.2. The molecule has 0 saturated heterocycles. The summed E-state index contributed by atoms with van der Waals surface area (Å²) in [5.41, 5.74) is 15.5. The normalized spacial score (nSPS) is 12.9. The van der Waals surface area contributed by atoms with Crippen molar-refractivity contribution >= 4 is 27.8 Å². The van der Waals surface area contributed by atoms with Gasteiger partial charge in [0.05, 0.1) is 5.41 Å². The van der Waals surface area contributed by atoms with Gasteiger partial charge in [0.1, 0.15) is 0 Å². The van der Waals surface area contributed by atoms with Crippen LogP contribution < -0.4 is 4.90 Å². The Morgan fingerprint density at radius 2 is 0.842 bits per heavy atom. The lowest BCUT2D eigenvalue weighted by Crippen LogP contribution is -2.28. The van der Waals surface area contributed by atoms with Crippen molar-refractivity contribution in [2.45, 2.75) is 24.7 Å². The van der Waals surface area contributed by atoms with Crippen LogP contribution in [0.3, 0.4) is 0 Å². The fraction of sp³-hybridized carbons (Fsp3) is 0.0714. The van der Waals surface area contributed by atoms with Gasteiger partial charge in [-0.3, -0.25) is 0 Å². The molecule has 0 unspecified atom stereocenters. The Hall–Kier alpha value is -6.96. The highest BCUT2D eigenvalue weighted by Crippen LogP contribution is 2.57. The molecule has 0 atom stereocenters. The van der Waals surface area contributed by atoms with Crippen molar-refractivity contribution in [3.63, 3.8) is 0 Å². The largest absolute Gasteiger partial charge is 0.310 e. The maximum absolute atomic E-state index is 2.47. The second kappa shape index (κ2) is 14.0. The summed E-state index contributed by atoms with van der Waals surface area (Å²) in [7, 11) is 0. The Morgan fingerprint density at radius 1 is 0.351 bits per heavy atom. The van der Waals surface area contributed by atoms with Gasteiger partial charge in [-0.1, -0.05) is 190 Å². The molecular formula is C56H43N. The SMILES string of the molecule is CC(C)(c1ccccc1)c1ccc(N(c2ccc(-c3ccccc3)cc2)c2ccc3cc4c(cc3c2)C(c2ccccc2)(c2ccccc2)c2ccccc2-4)cc1. The zero-order chi connectivity index (χ0) is 38.4. The van der Waals surface area contributed by atoms with Crippen molar-refractivity contribution in [3.8, 4) is 22.3 Å². The minimum Gasteiger partial charge on any atom is -0.310 e. The highest BCUT2D eigenvalue weighted by atomic mass is 15.1. The minimum absolute atomic E-state index is 0.132. The van der Waals surface area contributed by atoms with E-state index in [-0.39, 0.29) is 5.41 Å². The lowest BCUT2D eigenvalue weighted by atomic mass is 9.67. The zero-order valence-electron chi connectivity index (χ0n) is 32.3. The van der Waals surface area contributed by atoms with Crippen molar-refractivity contribution in [2.24, 2.45) is 0 Å². The average molecular weight is 730 g/mol. The number of nitrogens with zero attached hydrogens (tertiary/aromatic N) is 1. The highest BCUT2D eigenvalue weighted by Gasteiger charge is 2.46. The van der Waals surface area contributed by atoms with E-state index < -0.39 is 5.41 Å². The molecule has 10 rings (SSSR count). The Morgan fingerprint density at radius 3 is 1.47 bits per heavy atom. The molecule has 0 aliphatic heterocycles. The number of benzene rings is 9. The molecular weight excluding hydrogens is 687 g/mol. The summed E-state index contributed by atoms with van der Waals surface area (Å²) in [6.45, 7) is 4.62. The first kappa shape index (κ1) is 34.5. The van der Waals surface area contributed by atoms with Crippen LogP contribution in [0.15, 0.2) is 224 Å². The quantitative estimate of drug-likeness (QED) is 0.151. The van der Waals surface area contributed by atoms with Crippen molar-refractivity contribution in [1.29, 1.82) is 0 Å². The van der Waals surface area contributed by atoms with Gasteiger partial charge >= 0.3 is 0 Å². The van der Waals surface area contributed by atoms with E-state index in [9.17, 15) is 0 Å². The van der Waals surface area contributed by atoms with E-state index in [1.165, 1.54) is 66.4 Å². The van der Waals surface area contributed by atoms with Gasteiger partial charge < -0.3 is 4.90 Å². The van der Waals surface area contributed by atoms with Crippen LogP contribution in [0.25, 0.3) is 33.0 Å². The molecule has 0 bridgehead atoms. The zero-order valence-corrected chi connectivity index (χ0v) is 32.3. The molecule has 0 spiro atoms. The number of rotatable bonds is 8. The predicted molar refractivity (Wildman–Crippen MR) is 240 cm³/mol. The molecule has 0 heterocycles. The van der Waals surface area contributed by atoms with E-state index in [1.807, 2.05) is 0 Å². The van der Waals surface area contributed by atoms with Crippen LogP contribution in [0.5, 0.6) is 0 Å². The lowest BCUT2D eigenvalue weighted by Gasteiger charge is -2.34. The van der Waals surface area contributed by atoms with Crippen LogP contribution in [0.1, 0.15) is 47.2 Å². The first-order chi connectivity index (χ1) is 28.0. The highest BCUT2D eigenvalue weighted by molar-refractivity contribution is 5.98. The van der Waals surface area contributed by atoms with Crippen molar-refractivity contribution in [1.82, 2.24) is 0 Å². The van der Waals surface area contributed by atoms with Crippen LogP contribution in [0.4, 0.5) is 17.1 Å². The molecule has 1 aliphatic rings. The standard InChI is InChI=1S/C56H43N/c1-55(2,44-19-9-4-10-20-44)45-30-35-49(36-31-45)57(48-32-27-41(28-33-48)40-17-7-3-8-18-40)50-34-29-42-38-52-51-25-15-16-26-53(51)56(46-21-11-5-12-22-46,47-23-13-6-14-24-47)54(52)39-43(42)37-50/h3-39H,1-2H3. The number of anilines is 3. The topological polar surface area (TPSA) is 3.24 Å². The van der Waals surface area contributed by atoms with Gasteiger partial charge in [-0.15, -0.1) is 0 Å². The fourth-order valence-electron chi connectivity index (χ4n) is 9.24. The molecule has 9 aromatic rings. The van der Waals surface area contributed by atoms with Gasteiger partial charge in [-0.05, 0) is 115 Å². The van der Waals surface area contributed by atoms with Crippen LogP contribution in [0, 0.1) is 0 Å². The molecule has 1 aliphatic carbocycles. The smallest absolute Gasteiger partial charge is 0.0713 e. The summed E-state index contributed by atoms with van der Waals surface area (Å²) in [6, 6.07) is 82.5. The van der Waals surface area contributed by atoms with E-state index in [4.69, 9.17) is 0 Å². The molecule has 9 aromatic carbocycles. The second-order valence-electron chi connectivity index (χ2n) is 15.7. The third-order valence-corrected chi connectivity index (χ3v) is 12.2. The number of fused-ring (bicyclic) bond motifs is 4. The van der Waals surface area contributed by atoms with E-state index in [0.29, 0.717) is 0 Å². The molecule has 0 aromatic heterocycles. The van der Waals surface area contributed by atoms with Crippen LogP contribution in [-0.4, -0.2) is 0 Å². The van der Waals surface area contributed by atoms with E-state index >= 15 is 0 Å². The van der Waals surface area contributed by atoms with Crippen molar-refractivity contribution in [2.75, 3.05) is 4.90 Å². The van der Waals surface area contributed by atoms with Crippen molar-refractivity contribution < 1.29 is 0 Å². The Balaban J connectivity index is 1.15. The maximum atomic E-state index is 2.47. The number of hydrogen-bond acceptors (Lipinski definition) is 1.